The largest absolute Gasteiger partial charge is 0.337 e. The third kappa shape index (κ3) is 3.21. The van der Waals surface area contributed by atoms with Crippen LogP contribution in [0.1, 0.15) is 28.2 Å². The van der Waals surface area contributed by atoms with Gasteiger partial charge in [0.05, 0.1) is 0 Å². The van der Waals surface area contributed by atoms with Crippen LogP contribution in [0.5, 0.6) is 0 Å². The number of rotatable bonds is 4. The van der Waals surface area contributed by atoms with Gasteiger partial charge < -0.3 is 10.2 Å². The van der Waals surface area contributed by atoms with E-state index in [4.69, 9.17) is 0 Å². The van der Waals surface area contributed by atoms with Gasteiger partial charge in [-0.25, -0.2) is 0 Å². The number of likely N-dealkylation sites (tertiary alicyclic amines) is 1. The van der Waals surface area contributed by atoms with E-state index in [2.05, 4.69) is 39.8 Å². The molecule has 1 fully saturated rings. The van der Waals surface area contributed by atoms with Gasteiger partial charge in [-0.05, 0) is 24.5 Å². The molecule has 1 aromatic carbocycles. The third-order valence-corrected chi connectivity index (χ3v) is 6.05. The van der Waals surface area contributed by atoms with Crippen LogP contribution in [0.15, 0.2) is 35.2 Å². The van der Waals surface area contributed by atoms with Crippen molar-refractivity contribution in [2.45, 2.75) is 24.3 Å². The maximum Gasteiger partial charge on any atom is 0.274 e. The summed E-state index contributed by atoms with van der Waals surface area (Å²) in [4.78, 5) is 16.1. The van der Waals surface area contributed by atoms with Crippen LogP contribution in [0.25, 0.3) is 0 Å². The van der Waals surface area contributed by atoms with Crippen LogP contribution in [-0.4, -0.2) is 46.4 Å². The topological polar surface area (TPSA) is 61.0 Å². The van der Waals surface area contributed by atoms with Gasteiger partial charge in [0.2, 0.25) is 0 Å². The van der Waals surface area contributed by atoms with E-state index in [-0.39, 0.29) is 5.91 Å². The first-order chi connectivity index (χ1) is 11.8. The number of fused-ring (bicyclic) bond motifs is 1. The van der Waals surface area contributed by atoms with Gasteiger partial charge in [-0.1, -0.05) is 18.2 Å². The summed E-state index contributed by atoms with van der Waals surface area (Å²) in [5, 5.41) is 10.7. The quantitative estimate of drug-likeness (QED) is 0.837. The van der Waals surface area contributed by atoms with E-state index >= 15 is 0 Å². The molecule has 0 aliphatic carbocycles. The molecule has 0 bridgehead atoms. The van der Waals surface area contributed by atoms with E-state index in [0.29, 0.717) is 11.6 Å². The Morgan fingerprint density at radius 1 is 1.33 bits per heavy atom. The molecule has 1 amide bonds. The predicted molar refractivity (Wildman–Crippen MR) is 95.2 cm³/mol. The van der Waals surface area contributed by atoms with Crippen molar-refractivity contribution >= 4 is 17.7 Å². The number of thioether (sulfide) groups is 1. The summed E-state index contributed by atoms with van der Waals surface area (Å²) >= 11 is 1.88. The average molecular weight is 342 g/mol. The zero-order chi connectivity index (χ0) is 16.4. The molecule has 1 atom stereocenters. The molecule has 24 heavy (non-hydrogen) atoms. The van der Waals surface area contributed by atoms with E-state index in [1.165, 1.54) is 4.90 Å². The fourth-order valence-corrected chi connectivity index (χ4v) is 4.49. The van der Waals surface area contributed by atoms with Gasteiger partial charge >= 0.3 is 0 Å². The van der Waals surface area contributed by atoms with Crippen LogP contribution >= 0.6 is 11.8 Å². The van der Waals surface area contributed by atoms with Crippen molar-refractivity contribution in [2.75, 3.05) is 25.4 Å². The fraction of sp³-hybridized carbons (Fsp3) is 0.444. The summed E-state index contributed by atoms with van der Waals surface area (Å²) in [7, 11) is 0. The highest BCUT2D eigenvalue weighted by atomic mass is 32.2. The number of carbonyl (C=O) groups is 1. The number of nitrogens with one attached hydrogen (secondary N) is 2. The second kappa shape index (κ2) is 6.99. The van der Waals surface area contributed by atoms with Crippen LogP contribution in [0.2, 0.25) is 0 Å². The van der Waals surface area contributed by atoms with Crippen LogP contribution < -0.4 is 5.32 Å². The van der Waals surface area contributed by atoms with Crippen molar-refractivity contribution < 1.29 is 4.79 Å². The van der Waals surface area contributed by atoms with Gasteiger partial charge in [0, 0.05) is 54.5 Å². The van der Waals surface area contributed by atoms with Crippen molar-refractivity contribution in [1.29, 1.82) is 0 Å². The van der Waals surface area contributed by atoms with E-state index in [9.17, 15) is 4.79 Å². The molecule has 0 radical (unpaired) electrons. The van der Waals surface area contributed by atoms with Gasteiger partial charge in [-0.2, -0.15) is 5.10 Å². The number of hydrogen-bond acceptors (Lipinski definition) is 4. The molecule has 2 aliphatic heterocycles. The molecular weight excluding hydrogens is 320 g/mol. The molecule has 3 heterocycles. The Labute approximate surface area is 146 Å². The molecule has 0 saturated carbocycles. The van der Waals surface area contributed by atoms with Crippen molar-refractivity contribution in [3.63, 3.8) is 0 Å². The molecule has 5 nitrogen and oxygen atoms in total. The lowest BCUT2D eigenvalue weighted by atomic mass is 10.1. The molecule has 2 aromatic rings. The van der Waals surface area contributed by atoms with Gasteiger partial charge in [-0.15, -0.1) is 11.8 Å². The Kier molecular flexibility index (Phi) is 4.58. The normalized spacial score (nSPS) is 20.2. The minimum atomic E-state index is 0.0865. The molecule has 1 unspecified atom stereocenters. The summed E-state index contributed by atoms with van der Waals surface area (Å²) in [6.45, 7) is 3.38. The molecule has 6 heteroatoms. The molecule has 1 saturated heterocycles. The van der Waals surface area contributed by atoms with Gasteiger partial charge in [0.1, 0.15) is 0 Å². The Morgan fingerprint density at radius 3 is 3.08 bits per heavy atom. The van der Waals surface area contributed by atoms with Gasteiger partial charge in [0.15, 0.2) is 5.69 Å². The Morgan fingerprint density at radius 2 is 2.21 bits per heavy atom. The number of carbonyl (C=O) groups excluding carboxylic acids is 1. The zero-order valence-electron chi connectivity index (χ0n) is 13.6. The summed E-state index contributed by atoms with van der Waals surface area (Å²) < 4.78 is 0. The Bertz CT molecular complexity index is 715. The standard InChI is InChI=1S/C18H22N4OS/c23-18(17-15-10-19-8-6-16(15)20-21-17)22-9-7-13(11-22)12-24-14-4-2-1-3-5-14/h1-5,13,19H,6-12H2,(H,20,21). The maximum absolute atomic E-state index is 12.8. The maximum atomic E-state index is 12.8. The van der Waals surface area contributed by atoms with Crippen LogP contribution in [0.4, 0.5) is 0 Å². The lowest BCUT2D eigenvalue weighted by molar-refractivity contribution is 0.0781. The lowest BCUT2D eigenvalue weighted by Gasteiger charge is -2.18. The first-order valence-electron chi connectivity index (χ1n) is 8.55. The van der Waals surface area contributed by atoms with E-state index in [1.54, 1.807) is 0 Å². The van der Waals surface area contributed by atoms with Crippen LogP contribution in [0, 0.1) is 5.92 Å². The van der Waals surface area contributed by atoms with Crippen LogP contribution in [0.3, 0.4) is 0 Å². The van der Waals surface area contributed by atoms with Crippen molar-refractivity contribution in [3.05, 3.63) is 47.3 Å². The summed E-state index contributed by atoms with van der Waals surface area (Å²) in [5.41, 5.74) is 2.80. The molecule has 4 rings (SSSR count). The Balaban J connectivity index is 1.36. The van der Waals surface area contributed by atoms with Crippen LogP contribution in [-0.2, 0) is 13.0 Å². The van der Waals surface area contributed by atoms with Crippen molar-refractivity contribution in [2.24, 2.45) is 5.92 Å². The number of aromatic amines is 1. The second-order valence-electron chi connectivity index (χ2n) is 6.49. The highest BCUT2D eigenvalue weighted by Gasteiger charge is 2.30. The molecule has 126 valence electrons. The van der Waals surface area contributed by atoms with Gasteiger partial charge in [-0.3, -0.25) is 9.89 Å². The fourth-order valence-electron chi connectivity index (χ4n) is 3.44. The predicted octanol–water partition coefficient (Wildman–Crippen LogP) is 2.31. The lowest BCUT2D eigenvalue weighted by Crippen LogP contribution is -2.31. The van der Waals surface area contributed by atoms with Gasteiger partial charge in [0.25, 0.3) is 5.91 Å². The number of amides is 1. The third-order valence-electron chi connectivity index (χ3n) is 4.81. The number of H-pyrrole nitrogens is 1. The summed E-state index contributed by atoms with van der Waals surface area (Å²) in [6, 6.07) is 10.5. The summed E-state index contributed by atoms with van der Waals surface area (Å²) in [5.74, 6) is 1.71. The molecule has 2 N–H and O–H groups in total. The summed E-state index contributed by atoms with van der Waals surface area (Å²) in [6.07, 6.45) is 2.00. The first kappa shape index (κ1) is 15.7. The number of aromatic nitrogens is 2. The highest BCUT2D eigenvalue weighted by molar-refractivity contribution is 7.99. The Hall–Kier alpha value is -1.79. The molecule has 0 spiro atoms. The number of nitrogens with zero attached hydrogens (tertiary/aromatic N) is 2. The molecule has 1 aromatic heterocycles. The highest BCUT2D eigenvalue weighted by Crippen LogP contribution is 2.27. The minimum Gasteiger partial charge on any atom is -0.337 e. The zero-order valence-corrected chi connectivity index (χ0v) is 14.4. The van der Waals surface area contributed by atoms with E-state index in [0.717, 1.165) is 56.0 Å². The van der Waals surface area contributed by atoms with Crippen molar-refractivity contribution in [3.8, 4) is 0 Å². The molecule has 2 aliphatic rings. The average Bonchev–Trinajstić information content (AvgIpc) is 3.27. The van der Waals surface area contributed by atoms with E-state index < -0.39 is 0 Å². The SMILES string of the molecule is O=C(c1n[nH]c2c1CNCC2)N1CCC(CSc2ccccc2)C1. The molecular formula is C18H22N4OS. The minimum absolute atomic E-state index is 0.0865. The monoisotopic (exact) mass is 342 g/mol. The van der Waals surface area contributed by atoms with E-state index in [1.807, 2.05) is 22.7 Å². The number of hydrogen-bond donors (Lipinski definition) is 2. The van der Waals surface area contributed by atoms with Crippen molar-refractivity contribution in [1.82, 2.24) is 20.4 Å². The number of benzene rings is 1. The second-order valence-corrected chi connectivity index (χ2v) is 7.58. The first-order valence-corrected chi connectivity index (χ1v) is 9.54. The smallest absolute Gasteiger partial charge is 0.274 e.